The molecule has 2 rings (SSSR count). The van der Waals surface area contributed by atoms with Gasteiger partial charge in [-0.25, -0.2) is 0 Å². The standard InChI is InChI=1S/C9H15NO.C2H6.B/c1-8(2)10-5-3-4-9(10)6-11-7-9;1-2;/h3,5,8H,4,6-7H2,1-2H3;1-2H3;. The molecule has 3 radical (unpaired) electrons. The minimum atomic E-state index is 0. The molecule has 1 fully saturated rings. The third kappa shape index (κ3) is 2.14. The zero-order valence-electron chi connectivity index (χ0n) is 9.79. The van der Waals surface area contributed by atoms with Crippen LogP contribution in [0.15, 0.2) is 12.3 Å². The van der Waals surface area contributed by atoms with Crippen molar-refractivity contribution in [1.82, 2.24) is 4.90 Å². The summed E-state index contributed by atoms with van der Waals surface area (Å²) < 4.78 is 5.26. The number of hydrogen-bond acceptors (Lipinski definition) is 2. The highest BCUT2D eigenvalue weighted by atomic mass is 16.5. The van der Waals surface area contributed by atoms with Gasteiger partial charge >= 0.3 is 0 Å². The van der Waals surface area contributed by atoms with Crippen LogP contribution in [0.2, 0.25) is 0 Å². The van der Waals surface area contributed by atoms with Crippen LogP contribution in [0.1, 0.15) is 34.1 Å². The van der Waals surface area contributed by atoms with Gasteiger partial charge in [-0.05, 0) is 26.5 Å². The highest BCUT2D eigenvalue weighted by molar-refractivity contribution is 5.75. The van der Waals surface area contributed by atoms with Crippen molar-refractivity contribution < 1.29 is 4.74 Å². The fraction of sp³-hybridized carbons (Fsp3) is 0.818. The van der Waals surface area contributed by atoms with Crippen molar-refractivity contribution in [3.05, 3.63) is 12.3 Å². The number of rotatable bonds is 1. The maximum atomic E-state index is 5.26. The predicted molar refractivity (Wildman–Crippen MR) is 61.4 cm³/mol. The predicted octanol–water partition coefficient (Wildman–Crippen LogP) is 2.03. The zero-order valence-corrected chi connectivity index (χ0v) is 9.79. The summed E-state index contributed by atoms with van der Waals surface area (Å²) in [6.45, 7) is 10.3. The summed E-state index contributed by atoms with van der Waals surface area (Å²) in [6.07, 6.45) is 5.64. The molecule has 0 atom stereocenters. The third-order valence-electron chi connectivity index (χ3n) is 2.61. The van der Waals surface area contributed by atoms with Gasteiger partial charge in [-0.3, -0.25) is 0 Å². The summed E-state index contributed by atoms with van der Waals surface area (Å²) in [6, 6.07) is 0.609. The lowest BCUT2D eigenvalue weighted by Gasteiger charge is -2.48. The Balaban J connectivity index is 0.000000531. The van der Waals surface area contributed by atoms with Crippen LogP contribution in [0.4, 0.5) is 0 Å². The highest BCUT2D eigenvalue weighted by Crippen LogP contribution is 2.35. The van der Waals surface area contributed by atoms with Gasteiger partial charge in [0.25, 0.3) is 0 Å². The van der Waals surface area contributed by atoms with Crippen LogP contribution < -0.4 is 0 Å². The molecule has 79 valence electrons. The molecule has 2 aliphatic heterocycles. The monoisotopic (exact) mass is 194 g/mol. The van der Waals surface area contributed by atoms with E-state index in [4.69, 9.17) is 4.74 Å². The highest BCUT2D eigenvalue weighted by Gasteiger charge is 2.45. The molecule has 0 aromatic rings. The van der Waals surface area contributed by atoms with E-state index in [1.54, 1.807) is 0 Å². The van der Waals surface area contributed by atoms with Crippen molar-refractivity contribution in [2.75, 3.05) is 13.2 Å². The molecule has 2 heterocycles. The summed E-state index contributed by atoms with van der Waals surface area (Å²) in [5, 5.41) is 0. The van der Waals surface area contributed by atoms with Gasteiger partial charge in [-0.15, -0.1) is 0 Å². The van der Waals surface area contributed by atoms with E-state index >= 15 is 0 Å². The molecule has 0 aromatic carbocycles. The molecular formula is C11H21BNO. The van der Waals surface area contributed by atoms with Crippen LogP contribution in [-0.4, -0.2) is 38.1 Å². The Kier molecular flexibility index (Phi) is 5.28. The lowest BCUT2D eigenvalue weighted by Crippen LogP contribution is -2.59. The molecule has 2 aliphatic rings. The quantitative estimate of drug-likeness (QED) is 0.592. The number of hydrogen-bond donors (Lipinski definition) is 0. The molecule has 1 spiro atoms. The normalized spacial score (nSPS) is 21.4. The molecule has 0 amide bonds. The lowest BCUT2D eigenvalue weighted by atomic mass is 9.93. The largest absolute Gasteiger partial charge is 0.376 e. The summed E-state index contributed by atoms with van der Waals surface area (Å²) >= 11 is 0. The van der Waals surface area contributed by atoms with Crippen molar-refractivity contribution in [2.24, 2.45) is 0 Å². The minimum Gasteiger partial charge on any atom is -0.376 e. The second-order valence-corrected chi connectivity index (χ2v) is 3.81. The van der Waals surface area contributed by atoms with Crippen LogP contribution in [0, 0.1) is 0 Å². The smallest absolute Gasteiger partial charge is 0.0899 e. The van der Waals surface area contributed by atoms with Crippen molar-refractivity contribution >= 4 is 8.41 Å². The molecule has 0 aromatic heterocycles. The van der Waals surface area contributed by atoms with Crippen LogP contribution in [0.3, 0.4) is 0 Å². The Hall–Kier alpha value is -0.435. The van der Waals surface area contributed by atoms with Crippen molar-refractivity contribution in [3.63, 3.8) is 0 Å². The average molecular weight is 194 g/mol. The Morgan fingerprint density at radius 2 is 1.86 bits per heavy atom. The molecule has 0 aliphatic carbocycles. The summed E-state index contributed by atoms with van der Waals surface area (Å²) in [7, 11) is 0. The fourth-order valence-electron chi connectivity index (χ4n) is 1.97. The van der Waals surface area contributed by atoms with Gasteiger partial charge in [0.1, 0.15) is 0 Å². The van der Waals surface area contributed by atoms with Crippen LogP contribution in [-0.2, 0) is 4.74 Å². The topological polar surface area (TPSA) is 12.5 Å². The summed E-state index contributed by atoms with van der Waals surface area (Å²) in [5.74, 6) is 0. The molecule has 0 saturated carbocycles. The van der Waals surface area contributed by atoms with Crippen LogP contribution >= 0.6 is 0 Å². The molecule has 0 bridgehead atoms. The SMILES string of the molecule is CC.CC(C)N1C=CCC12COC2.[B]. The Morgan fingerprint density at radius 1 is 1.29 bits per heavy atom. The van der Waals surface area contributed by atoms with Crippen molar-refractivity contribution in [3.8, 4) is 0 Å². The fourth-order valence-corrected chi connectivity index (χ4v) is 1.97. The minimum absolute atomic E-state index is 0. The molecule has 14 heavy (non-hydrogen) atoms. The first-order chi connectivity index (χ1) is 6.25. The molecule has 2 nitrogen and oxygen atoms in total. The van der Waals surface area contributed by atoms with E-state index in [-0.39, 0.29) is 8.41 Å². The molecular weight excluding hydrogens is 173 g/mol. The van der Waals surface area contributed by atoms with E-state index in [1.165, 1.54) is 6.42 Å². The molecule has 0 N–H and O–H groups in total. The molecule has 3 heteroatoms. The molecule has 0 unspecified atom stereocenters. The summed E-state index contributed by atoms with van der Waals surface area (Å²) in [4.78, 5) is 2.43. The van der Waals surface area contributed by atoms with E-state index in [9.17, 15) is 0 Å². The van der Waals surface area contributed by atoms with Crippen LogP contribution in [0.5, 0.6) is 0 Å². The third-order valence-corrected chi connectivity index (χ3v) is 2.61. The Morgan fingerprint density at radius 3 is 2.14 bits per heavy atom. The van der Waals surface area contributed by atoms with Gasteiger partial charge in [-0.1, -0.05) is 19.9 Å². The van der Waals surface area contributed by atoms with E-state index in [0.717, 1.165) is 13.2 Å². The zero-order chi connectivity index (χ0) is 9.90. The Labute approximate surface area is 89.9 Å². The van der Waals surface area contributed by atoms with E-state index in [2.05, 4.69) is 31.0 Å². The maximum absolute atomic E-state index is 5.26. The van der Waals surface area contributed by atoms with Crippen molar-refractivity contribution in [2.45, 2.75) is 45.7 Å². The van der Waals surface area contributed by atoms with Gasteiger partial charge in [0.2, 0.25) is 0 Å². The lowest BCUT2D eigenvalue weighted by molar-refractivity contribution is -0.123. The Bertz CT molecular complexity index is 188. The first-order valence-corrected chi connectivity index (χ1v) is 5.27. The van der Waals surface area contributed by atoms with Gasteiger partial charge in [0, 0.05) is 14.5 Å². The van der Waals surface area contributed by atoms with Gasteiger partial charge in [0.05, 0.1) is 18.8 Å². The van der Waals surface area contributed by atoms with Gasteiger partial charge < -0.3 is 9.64 Å². The van der Waals surface area contributed by atoms with Gasteiger partial charge in [0.15, 0.2) is 0 Å². The first kappa shape index (κ1) is 13.6. The van der Waals surface area contributed by atoms with Crippen molar-refractivity contribution in [1.29, 1.82) is 0 Å². The second-order valence-electron chi connectivity index (χ2n) is 3.81. The van der Waals surface area contributed by atoms with E-state index in [0.29, 0.717) is 11.6 Å². The number of ether oxygens (including phenoxy) is 1. The number of nitrogens with zero attached hydrogens (tertiary/aromatic N) is 1. The van der Waals surface area contributed by atoms with Crippen LogP contribution in [0.25, 0.3) is 0 Å². The second kappa shape index (κ2) is 5.45. The van der Waals surface area contributed by atoms with E-state index < -0.39 is 0 Å². The summed E-state index contributed by atoms with van der Waals surface area (Å²) in [5.41, 5.74) is 0.355. The average Bonchev–Trinajstić information content (AvgIpc) is 2.50. The first-order valence-electron chi connectivity index (χ1n) is 5.27. The van der Waals surface area contributed by atoms with Gasteiger partial charge in [-0.2, -0.15) is 0 Å². The van der Waals surface area contributed by atoms with E-state index in [1.807, 2.05) is 13.8 Å². The maximum Gasteiger partial charge on any atom is 0.0899 e. The molecule has 1 saturated heterocycles.